The Labute approximate surface area is 159 Å². The van der Waals surface area contributed by atoms with Gasteiger partial charge in [0.25, 0.3) is 0 Å². The Morgan fingerprint density at radius 1 is 0.818 bits per heavy atom. The highest BCUT2D eigenvalue weighted by molar-refractivity contribution is 6.65. The molecule has 1 saturated heterocycles. The van der Waals surface area contributed by atoms with E-state index >= 15 is 0 Å². The van der Waals surface area contributed by atoms with E-state index in [1.54, 1.807) is 0 Å². The van der Waals surface area contributed by atoms with Crippen LogP contribution in [0.15, 0.2) is 10.1 Å². The molecular weight excluding hydrogens is 413 g/mol. The average Bonchev–Trinajstić information content (AvgIpc) is 3.10. The Morgan fingerprint density at radius 3 is 1.95 bits per heavy atom. The van der Waals surface area contributed by atoms with Crippen molar-refractivity contribution in [3.8, 4) is 0 Å². The van der Waals surface area contributed by atoms with E-state index in [9.17, 15) is 0 Å². The minimum atomic E-state index is -1.43. The van der Waals surface area contributed by atoms with E-state index in [2.05, 4.69) is 0 Å². The van der Waals surface area contributed by atoms with Crippen LogP contribution in [-0.4, -0.2) is 33.6 Å². The molecule has 0 N–H and O–H groups in total. The van der Waals surface area contributed by atoms with E-state index in [1.807, 2.05) is 0 Å². The van der Waals surface area contributed by atoms with E-state index in [-0.39, 0.29) is 29.1 Å². The van der Waals surface area contributed by atoms with Crippen molar-refractivity contribution in [2.24, 2.45) is 17.8 Å². The van der Waals surface area contributed by atoms with E-state index in [4.69, 9.17) is 79.1 Å². The van der Waals surface area contributed by atoms with Gasteiger partial charge in [0.15, 0.2) is 10.6 Å². The van der Waals surface area contributed by atoms with Crippen molar-refractivity contribution < 1.29 is 9.47 Å². The van der Waals surface area contributed by atoms with Gasteiger partial charge in [-0.2, -0.15) is 0 Å². The second-order valence-corrected chi connectivity index (χ2v) is 9.80. The van der Waals surface area contributed by atoms with Gasteiger partial charge < -0.3 is 9.47 Å². The molecule has 2 saturated carbocycles. The van der Waals surface area contributed by atoms with Crippen molar-refractivity contribution >= 4 is 69.6 Å². The second-order valence-electron chi connectivity index (χ2n) is 6.52. The Bertz CT molecular complexity index is 545. The summed E-state index contributed by atoms with van der Waals surface area (Å²) in [6.45, 7) is 1.25. The van der Waals surface area contributed by atoms with Gasteiger partial charge >= 0.3 is 0 Å². The van der Waals surface area contributed by atoms with Gasteiger partial charge in [0.2, 0.25) is 0 Å². The van der Waals surface area contributed by atoms with Crippen LogP contribution in [0.2, 0.25) is 0 Å². The molecule has 2 nitrogen and oxygen atoms in total. The fourth-order valence-electron chi connectivity index (χ4n) is 4.67. The summed E-state index contributed by atoms with van der Waals surface area (Å²) >= 11 is 39.7. The smallest absolute Gasteiger partial charge is 0.166 e. The molecule has 22 heavy (non-hydrogen) atoms. The lowest BCUT2D eigenvalue weighted by Crippen LogP contribution is -2.44. The van der Waals surface area contributed by atoms with E-state index < -0.39 is 14.1 Å². The molecule has 5 atom stereocenters. The fourth-order valence-corrected chi connectivity index (χ4v) is 7.79. The molecule has 8 heteroatoms. The van der Waals surface area contributed by atoms with E-state index in [0.717, 1.165) is 19.3 Å². The summed E-state index contributed by atoms with van der Waals surface area (Å²) in [5.74, 6) is 0.184. The van der Waals surface area contributed by atoms with Crippen molar-refractivity contribution in [2.75, 3.05) is 13.2 Å². The molecule has 1 heterocycles. The maximum absolute atomic E-state index is 6.86. The quantitative estimate of drug-likeness (QED) is 0.534. The summed E-state index contributed by atoms with van der Waals surface area (Å²) in [6.07, 6.45) is 2.30. The lowest BCUT2D eigenvalue weighted by Gasteiger charge is -2.43. The van der Waals surface area contributed by atoms with Crippen LogP contribution in [0.25, 0.3) is 0 Å². The standard InChI is InChI=1S/C14H14Cl6O2/c15-9-10(16)13(18)8-5-6(11-21-3-4-22-11)1-2-7(8)12(9,17)14(13,19)20/h6-8,11H,1-5H2. The second kappa shape index (κ2) is 5.20. The normalized spacial score (nSPS) is 50.7. The Morgan fingerprint density at radius 2 is 1.36 bits per heavy atom. The first-order chi connectivity index (χ1) is 10.3. The van der Waals surface area contributed by atoms with Crippen LogP contribution in [0, 0.1) is 17.8 Å². The number of fused-ring (bicyclic) bond motifs is 5. The summed E-state index contributed by atoms with van der Waals surface area (Å²) < 4.78 is 9.86. The molecule has 4 aliphatic rings. The van der Waals surface area contributed by atoms with Gasteiger partial charge in [-0.15, -0.1) is 23.2 Å². The molecule has 0 amide bonds. The third-order valence-electron chi connectivity index (χ3n) is 5.69. The number of halogens is 6. The van der Waals surface area contributed by atoms with Crippen molar-refractivity contribution in [3.05, 3.63) is 10.1 Å². The number of ether oxygens (including phenoxy) is 2. The minimum Gasteiger partial charge on any atom is -0.350 e. The molecule has 3 fully saturated rings. The third kappa shape index (κ3) is 1.75. The molecule has 0 spiro atoms. The zero-order chi connectivity index (χ0) is 15.9. The topological polar surface area (TPSA) is 18.5 Å². The van der Waals surface area contributed by atoms with Crippen LogP contribution in [0.3, 0.4) is 0 Å². The van der Waals surface area contributed by atoms with Crippen LogP contribution in [0.5, 0.6) is 0 Å². The van der Waals surface area contributed by atoms with Gasteiger partial charge in [-0.1, -0.05) is 46.4 Å². The highest BCUT2D eigenvalue weighted by Gasteiger charge is 2.82. The number of allylic oxidation sites excluding steroid dienone is 2. The molecule has 0 radical (unpaired) electrons. The molecule has 2 bridgehead atoms. The summed E-state index contributed by atoms with van der Waals surface area (Å²) in [4.78, 5) is -2.28. The molecular formula is C14H14Cl6O2. The predicted molar refractivity (Wildman–Crippen MR) is 90.4 cm³/mol. The zero-order valence-corrected chi connectivity index (χ0v) is 16.0. The van der Waals surface area contributed by atoms with Gasteiger partial charge in [-0.3, -0.25) is 0 Å². The summed E-state index contributed by atoms with van der Waals surface area (Å²) in [5.41, 5.74) is 0. The molecule has 1 aliphatic heterocycles. The van der Waals surface area contributed by atoms with E-state index in [0.29, 0.717) is 18.2 Å². The van der Waals surface area contributed by atoms with Gasteiger partial charge in [0, 0.05) is 5.92 Å². The maximum atomic E-state index is 6.86. The van der Waals surface area contributed by atoms with E-state index in [1.165, 1.54) is 0 Å². The summed E-state index contributed by atoms with van der Waals surface area (Å²) in [5, 5.41) is 0.579. The fraction of sp³-hybridized carbons (Fsp3) is 0.857. The number of hydrogen-bond donors (Lipinski definition) is 0. The zero-order valence-electron chi connectivity index (χ0n) is 11.4. The van der Waals surface area contributed by atoms with Gasteiger partial charge in [0.05, 0.1) is 23.3 Å². The van der Waals surface area contributed by atoms with Crippen molar-refractivity contribution in [1.29, 1.82) is 0 Å². The van der Waals surface area contributed by atoms with Gasteiger partial charge in [-0.05, 0) is 31.1 Å². The molecule has 4 rings (SSSR count). The highest BCUT2D eigenvalue weighted by atomic mass is 35.5. The lowest BCUT2D eigenvalue weighted by molar-refractivity contribution is -0.102. The van der Waals surface area contributed by atoms with Crippen molar-refractivity contribution in [3.63, 3.8) is 0 Å². The summed E-state index contributed by atoms with van der Waals surface area (Å²) in [7, 11) is 0. The lowest BCUT2D eigenvalue weighted by atomic mass is 9.68. The predicted octanol–water partition coefficient (Wildman–Crippen LogP) is 5.24. The summed E-state index contributed by atoms with van der Waals surface area (Å²) in [6, 6.07) is 0. The minimum absolute atomic E-state index is 0.00526. The molecule has 3 aliphatic carbocycles. The molecule has 0 aromatic carbocycles. The van der Waals surface area contributed by atoms with Crippen LogP contribution in [-0.2, 0) is 9.47 Å². The largest absolute Gasteiger partial charge is 0.350 e. The monoisotopic (exact) mass is 424 g/mol. The first-order valence-electron chi connectivity index (χ1n) is 7.31. The molecule has 124 valence electrons. The molecule has 0 aromatic heterocycles. The van der Waals surface area contributed by atoms with Gasteiger partial charge in [-0.25, -0.2) is 0 Å². The van der Waals surface area contributed by atoms with Crippen LogP contribution >= 0.6 is 69.6 Å². The Kier molecular flexibility index (Phi) is 3.98. The number of rotatable bonds is 1. The SMILES string of the molecule is ClC1=C(Cl)C2(Cl)C3CC(C4OCCO4)CCC3C1(Cl)C2(Cl)Cl. The van der Waals surface area contributed by atoms with Gasteiger partial charge in [0.1, 0.15) is 9.75 Å². The van der Waals surface area contributed by atoms with Crippen molar-refractivity contribution in [2.45, 2.75) is 39.6 Å². The first kappa shape index (κ1) is 16.8. The van der Waals surface area contributed by atoms with Crippen LogP contribution in [0.4, 0.5) is 0 Å². The average molecular weight is 427 g/mol. The number of alkyl halides is 4. The Balaban J connectivity index is 1.72. The molecule has 5 unspecified atom stereocenters. The molecule has 0 aromatic rings. The van der Waals surface area contributed by atoms with Crippen molar-refractivity contribution in [1.82, 2.24) is 0 Å². The third-order valence-corrected chi connectivity index (χ3v) is 10.0. The van der Waals surface area contributed by atoms with Crippen LogP contribution < -0.4 is 0 Å². The highest BCUT2D eigenvalue weighted by Crippen LogP contribution is 2.78. The number of hydrogen-bond acceptors (Lipinski definition) is 2. The maximum Gasteiger partial charge on any atom is 0.166 e. The van der Waals surface area contributed by atoms with Crippen LogP contribution in [0.1, 0.15) is 19.3 Å². The first-order valence-corrected chi connectivity index (χ1v) is 9.58. The Hall–Kier alpha value is 1.40.